The number of nitriles is 1. The molecule has 1 aliphatic rings. The summed E-state index contributed by atoms with van der Waals surface area (Å²) in [6.07, 6.45) is 4.34. The first-order valence-electron chi connectivity index (χ1n) is 6.68. The van der Waals surface area contributed by atoms with E-state index in [0.717, 1.165) is 38.4 Å². The van der Waals surface area contributed by atoms with E-state index in [2.05, 4.69) is 10.3 Å². The van der Waals surface area contributed by atoms with Crippen molar-refractivity contribution in [1.82, 2.24) is 9.88 Å². The zero-order valence-corrected chi connectivity index (χ0v) is 11.4. The lowest BCUT2D eigenvalue weighted by molar-refractivity contribution is -0.384. The van der Waals surface area contributed by atoms with E-state index in [1.165, 1.54) is 6.20 Å². The van der Waals surface area contributed by atoms with Crippen molar-refractivity contribution in [1.29, 1.82) is 5.26 Å². The lowest BCUT2D eigenvalue weighted by Gasteiger charge is -2.26. The van der Waals surface area contributed by atoms with Gasteiger partial charge in [0.1, 0.15) is 6.07 Å². The highest BCUT2D eigenvalue weighted by Gasteiger charge is 2.20. The van der Waals surface area contributed by atoms with Gasteiger partial charge in [0, 0.05) is 25.4 Å². The Morgan fingerprint density at radius 3 is 2.81 bits per heavy atom. The summed E-state index contributed by atoms with van der Waals surface area (Å²) in [4.78, 5) is 27.9. The number of nitrogens with zero attached hydrogens (tertiary/aromatic N) is 4. The number of hydrogen-bond donors (Lipinski definition) is 1. The topological polar surface area (TPSA) is 112 Å². The minimum absolute atomic E-state index is 0.00404. The van der Waals surface area contributed by atoms with Crippen molar-refractivity contribution < 1.29 is 9.72 Å². The Balaban J connectivity index is 2.04. The maximum atomic E-state index is 12.0. The number of amides is 1. The number of piperidine rings is 1. The maximum Gasteiger partial charge on any atom is 0.312 e. The third-order valence-electron chi connectivity index (χ3n) is 3.31. The smallest absolute Gasteiger partial charge is 0.312 e. The second kappa shape index (κ2) is 6.65. The fraction of sp³-hybridized carbons (Fsp3) is 0.462. The van der Waals surface area contributed by atoms with E-state index in [-0.39, 0.29) is 29.5 Å². The van der Waals surface area contributed by atoms with Crippen molar-refractivity contribution in [3.8, 4) is 6.07 Å². The Morgan fingerprint density at radius 1 is 1.48 bits per heavy atom. The molecule has 21 heavy (non-hydrogen) atoms. The van der Waals surface area contributed by atoms with E-state index in [1.807, 2.05) is 0 Å². The third-order valence-corrected chi connectivity index (χ3v) is 3.31. The number of pyridine rings is 1. The number of nitrogens with one attached hydrogen (secondary N) is 1. The Hall–Kier alpha value is -2.69. The van der Waals surface area contributed by atoms with Crippen LogP contribution in [0.25, 0.3) is 0 Å². The zero-order valence-electron chi connectivity index (χ0n) is 11.4. The Labute approximate surface area is 121 Å². The van der Waals surface area contributed by atoms with Gasteiger partial charge in [0.2, 0.25) is 11.7 Å². The van der Waals surface area contributed by atoms with Crippen molar-refractivity contribution in [3.05, 3.63) is 27.9 Å². The van der Waals surface area contributed by atoms with E-state index < -0.39 is 4.92 Å². The number of carbonyl (C=O) groups is 1. The molecule has 1 saturated heterocycles. The van der Waals surface area contributed by atoms with Gasteiger partial charge in [0.25, 0.3) is 0 Å². The Morgan fingerprint density at radius 2 is 2.19 bits per heavy atom. The predicted octanol–water partition coefficient (Wildman–Crippen LogP) is 1.29. The van der Waals surface area contributed by atoms with Gasteiger partial charge in [-0.15, -0.1) is 0 Å². The van der Waals surface area contributed by atoms with Crippen molar-refractivity contribution in [2.75, 3.05) is 25.0 Å². The number of carbonyl (C=O) groups excluding carboxylic acids is 1. The van der Waals surface area contributed by atoms with Gasteiger partial charge in [0.15, 0.2) is 0 Å². The zero-order chi connectivity index (χ0) is 15.2. The van der Waals surface area contributed by atoms with Crippen LogP contribution in [0.5, 0.6) is 0 Å². The molecule has 0 saturated carbocycles. The van der Waals surface area contributed by atoms with Crippen molar-refractivity contribution in [2.45, 2.75) is 19.3 Å². The summed E-state index contributed by atoms with van der Waals surface area (Å²) in [7, 11) is 0. The van der Waals surface area contributed by atoms with Gasteiger partial charge in [-0.3, -0.25) is 14.9 Å². The molecule has 1 aromatic heterocycles. The highest BCUT2D eigenvalue weighted by atomic mass is 16.6. The van der Waals surface area contributed by atoms with Gasteiger partial charge in [-0.05, 0) is 19.3 Å². The minimum Gasteiger partial charge on any atom is -0.355 e. The fourth-order valence-electron chi connectivity index (χ4n) is 2.20. The lowest BCUT2D eigenvalue weighted by Crippen LogP contribution is -2.39. The molecule has 0 unspecified atom stereocenters. The second-order valence-electron chi connectivity index (χ2n) is 4.76. The molecule has 110 valence electrons. The summed E-state index contributed by atoms with van der Waals surface area (Å²) in [6.45, 7) is 1.41. The first-order valence-corrected chi connectivity index (χ1v) is 6.68. The molecule has 2 rings (SSSR count). The van der Waals surface area contributed by atoms with Crippen LogP contribution in [0.3, 0.4) is 0 Å². The van der Waals surface area contributed by atoms with Crippen LogP contribution in [0.15, 0.2) is 12.3 Å². The van der Waals surface area contributed by atoms with Crippen LogP contribution in [0.4, 0.5) is 11.5 Å². The van der Waals surface area contributed by atoms with Crippen LogP contribution in [0.1, 0.15) is 24.8 Å². The SMILES string of the molecule is N#Cc1cnc(NCC(=O)N2CCCCC2)c([N+](=O)[O-])c1. The maximum absolute atomic E-state index is 12.0. The summed E-state index contributed by atoms with van der Waals surface area (Å²) in [6, 6.07) is 2.94. The second-order valence-corrected chi connectivity index (χ2v) is 4.76. The van der Waals surface area contributed by atoms with E-state index in [9.17, 15) is 14.9 Å². The minimum atomic E-state index is -0.623. The van der Waals surface area contributed by atoms with Gasteiger partial charge >= 0.3 is 5.69 Å². The first kappa shape index (κ1) is 14.7. The fourth-order valence-corrected chi connectivity index (χ4v) is 2.20. The average molecular weight is 289 g/mol. The van der Waals surface area contributed by atoms with Crippen molar-refractivity contribution >= 4 is 17.4 Å². The highest BCUT2D eigenvalue weighted by Crippen LogP contribution is 2.22. The molecule has 1 aromatic rings. The van der Waals surface area contributed by atoms with Crippen LogP contribution in [-0.2, 0) is 4.79 Å². The standard InChI is InChI=1S/C13H15N5O3/c14-7-10-6-11(18(20)21)13(15-8-10)16-9-12(19)17-4-2-1-3-5-17/h6,8H,1-5,9H2,(H,15,16). The largest absolute Gasteiger partial charge is 0.355 e. The number of nitro groups is 1. The number of hydrogen-bond acceptors (Lipinski definition) is 6. The molecule has 0 radical (unpaired) electrons. The highest BCUT2D eigenvalue weighted by molar-refractivity contribution is 5.81. The molecule has 1 amide bonds. The van der Waals surface area contributed by atoms with Gasteiger partial charge in [0.05, 0.1) is 17.0 Å². The average Bonchev–Trinajstić information content (AvgIpc) is 2.53. The molecule has 0 spiro atoms. The van der Waals surface area contributed by atoms with Crippen molar-refractivity contribution in [2.24, 2.45) is 0 Å². The molecule has 0 bridgehead atoms. The molecule has 0 aromatic carbocycles. The number of rotatable bonds is 4. The van der Waals surface area contributed by atoms with Crippen LogP contribution in [-0.4, -0.2) is 40.3 Å². The first-order chi connectivity index (χ1) is 10.1. The summed E-state index contributed by atoms with van der Waals surface area (Å²) in [5.41, 5.74) is -0.199. The Bertz CT molecular complexity index is 590. The van der Waals surface area contributed by atoms with E-state index >= 15 is 0 Å². The van der Waals surface area contributed by atoms with Crippen LogP contribution in [0.2, 0.25) is 0 Å². The monoisotopic (exact) mass is 289 g/mol. The number of anilines is 1. The molecule has 0 aliphatic carbocycles. The molecule has 8 nitrogen and oxygen atoms in total. The Kier molecular flexibility index (Phi) is 4.66. The van der Waals surface area contributed by atoms with E-state index in [1.54, 1.807) is 11.0 Å². The van der Waals surface area contributed by atoms with Gasteiger partial charge in [-0.25, -0.2) is 4.98 Å². The molecular weight excluding hydrogens is 274 g/mol. The third kappa shape index (κ3) is 3.66. The summed E-state index contributed by atoms with van der Waals surface area (Å²) >= 11 is 0. The van der Waals surface area contributed by atoms with Gasteiger partial charge in [-0.2, -0.15) is 5.26 Å². The molecular formula is C13H15N5O3. The normalized spacial score (nSPS) is 14.3. The quantitative estimate of drug-likeness (QED) is 0.660. The number of aromatic nitrogens is 1. The lowest BCUT2D eigenvalue weighted by atomic mass is 10.1. The van der Waals surface area contributed by atoms with Crippen LogP contribution in [0, 0.1) is 21.4 Å². The summed E-state index contributed by atoms with van der Waals surface area (Å²) < 4.78 is 0. The van der Waals surface area contributed by atoms with Crippen LogP contribution < -0.4 is 5.32 Å². The predicted molar refractivity (Wildman–Crippen MR) is 74.5 cm³/mol. The molecule has 1 N–H and O–H groups in total. The molecule has 1 aliphatic heterocycles. The van der Waals surface area contributed by atoms with Gasteiger partial charge in [-0.1, -0.05) is 0 Å². The number of likely N-dealkylation sites (tertiary alicyclic amines) is 1. The molecule has 0 atom stereocenters. The van der Waals surface area contributed by atoms with Crippen LogP contribution >= 0.6 is 0 Å². The van der Waals surface area contributed by atoms with Crippen molar-refractivity contribution in [3.63, 3.8) is 0 Å². The molecule has 1 fully saturated rings. The van der Waals surface area contributed by atoms with E-state index in [0.29, 0.717) is 0 Å². The summed E-state index contributed by atoms with van der Waals surface area (Å²) in [5, 5.41) is 22.4. The van der Waals surface area contributed by atoms with E-state index in [4.69, 9.17) is 5.26 Å². The summed E-state index contributed by atoms with van der Waals surface area (Å²) in [5.74, 6) is -0.0977. The van der Waals surface area contributed by atoms with Gasteiger partial charge < -0.3 is 10.2 Å². The molecule has 2 heterocycles. The molecule has 8 heteroatoms.